The van der Waals surface area contributed by atoms with Gasteiger partial charge in [0.2, 0.25) is 0 Å². The van der Waals surface area contributed by atoms with Crippen molar-refractivity contribution < 1.29 is 20.1 Å². The molecule has 234 valence electrons. The quantitative estimate of drug-likeness (QED) is 0.147. The lowest BCUT2D eigenvalue weighted by Crippen LogP contribution is -2.19. The summed E-state index contributed by atoms with van der Waals surface area (Å²) in [5.41, 5.74) is 3.08. The molecule has 1 atom stereocenters. The molecule has 4 heteroatoms. The van der Waals surface area contributed by atoms with E-state index >= 15 is 0 Å². The van der Waals surface area contributed by atoms with E-state index in [-0.39, 0.29) is 23.9 Å². The van der Waals surface area contributed by atoms with Crippen LogP contribution in [0.5, 0.6) is 5.75 Å². The van der Waals surface area contributed by atoms with Crippen LogP contribution in [0.1, 0.15) is 175 Å². The number of benzene rings is 1. The number of phenols is 1. The van der Waals surface area contributed by atoms with E-state index in [0.717, 1.165) is 24.0 Å². The SMILES string of the molecule is CCC(=O)O.CCCCCCCCCCCCCCCCC(CO)Cc1cc(C(C)(C)C)c(O)c(C(C)(C)C)c1. The van der Waals surface area contributed by atoms with Gasteiger partial charge in [-0.15, -0.1) is 0 Å². The molecule has 0 saturated carbocycles. The van der Waals surface area contributed by atoms with Gasteiger partial charge in [0.25, 0.3) is 0 Å². The van der Waals surface area contributed by atoms with Gasteiger partial charge < -0.3 is 15.3 Å². The summed E-state index contributed by atoms with van der Waals surface area (Å²) in [6.45, 7) is 17.1. The summed E-state index contributed by atoms with van der Waals surface area (Å²) in [5.74, 6) is 0.00350. The van der Waals surface area contributed by atoms with Gasteiger partial charge in [-0.05, 0) is 46.3 Å². The summed E-state index contributed by atoms with van der Waals surface area (Å²) in [6.07, 6.45) is 21.5. The smallest absolute Gasteiger partial charge is 0.303 e. The van der Waals surface area contributed by atoms with Crippen LogP contribution in [0.25, 0.3) is 0 Å². The third kappa shape index (κ3) is 18.0. The van der Waals surface area contributed by atoms with Crippen LogP contribution in [0.4, 0.5) is 0 Å². The van der Waals surface area contributed by atoms with Gasteiger partial charge in [-0.3, -0.25) is 4.79 Å². The summed E-state index contributed by atoms with van der Waals surface area (Å²) in [5, 5.41) is 28.7. The van der Waals surface area contributed by atoms with Crippen LogP contribution in [0.15, 0.2) is 12.1 Å². The number of aromatic hydroxyl groups is 1. The first-order valence-electron chi connectivity index (χ1n) is 16.5. The summed E-state index contributed by atoms with van der Waals surface area (Å²) in [7, 11) is 0. The molecular weight excluding hydrogens is 496 g/mol. The second-order valence-electron chi connectivity index (χ2n) is 13.9. The zero-order valence-electron chi connectivity index (χ0n) is 27.7. The van der Waals surface area contributed by atoms with E-state index in [0.29, 0.717) is 11.7 Å². The van der Waals surface area contributed by atoms with Crippen molar-refractivity contribution in [3.63, 3.8) is 0 Å². The number of carboxylic acids is 1. The largest absolute Gasteiger partial charge is 0.507 e. The first-order chi connectivity index (χ1) is 18.8. The highest BCUT2D eigenvalue weighted by Gasteiger charge is 2.27. The fourth-order valence-corrected chi connectivity index (χ4v) is 5.17. The minimum Gasteiger partial charge on any atom is -0.507 e. The number of hydrogen-bond acceptors (Lipinski definition) is 3. The maximum atomic E-state index is 11.0. The molecule has 0 amide bonds. The summed E-state index contributed by atoms with van der Waals surface area (Å²) in [4.78, 5) is 9.37. The Hall–Kier alpha value is -1.55. The zero-order chi connectivity index (χ0) is 30.6. The third-order valence-electron chi connectivity index (χ3n) is 7.84. The van der Waals surface area contributed by atoms with Gasteiger partial charge in [0.05, 0.1) is 0 Å². The molecule has 40 heavy (non-hydrogen) atoms. The molecule has 1 rings (SSSR count). The Morgan fingerprint density at radius 3 is 1.35 bits per heavy atom. The standard InChI is InChI=1S/C33H60O2.C3H6O2/c1-8-9-10-11-12-13-14-15-16-17-18-19-20-21-22-27(26-34)23-28-24-29(32(2,3)4)31(35)30(25-28)33(5,6)7;1-2-3(4)5/h24-25,27,34-35H,8-23,26H2,1-7H3;2H2,1H3,(H,4,5). The van der Waals surface area contributed by atoms with E-state index in [1.165, 1.54) is 95.5 Å². The first kappa shape index (κ1) is 38.5. The Morgan fingerprint density at radius 2 is 1.05 bits per heavy atom. The van der Waals surface area contributed by atoms with Crippen LogP contribution in [0.3, 0.4) is 0 Å². The van der Waals surface area contributed by atoms with E-state index in [4.69, 9.17) is 5.11 Å². The Bertz CT molecular complexity index is 750. The second-order valence-corrected chi connectivity index (χ2v) is 13.9. The van der Waals surface area contributed by atoms with Gasteiger partial charge in [-0.2, -0.15) is 0 Å². The van der Waals surface area contributed by atoms with Crippen LogP contribution in [0, 0.1) is 5.92 Å². The lowest BCUT2D eigenvalue weighted by molar-refractivity contribution is -0.136. The molecule has 0 aliphatic carbocycles. The highest BCUT2D eigenvalue weighted by Crippen LogP contribution is 2.40. The van der Waals surface area contributed by atoms with Gasteiger partial charge in [0, 0.05) is 13.0 Å². The van der Waals surface area contributed by atoms with Crippen molar-refractivity contribution in [1.82, 2.24) is 0 Å². The average Bonchev–Trinajstić information content (AvgIpc) is 2.87. The van der Waals surface area contributed by atoms with Crippen LogP contribution in [-0.2, 0) is 22.0 Å². The Morgan fingerprint density at radius 1 is 0.700 bits per heavy atom. The van der Waals surface area contributed by atoms with Crippen LogP contribution in [-0.4, -0.2) is 27.9 Å². The second kappa shape index (κ2) is 21.2. The van der Waals surface area contributed by atoms with Crippen molar-refractivity contribution in [2.75, 3.05) is 6.61 Å². The van der Waals surface area contributed by atoms with Crippen molar-refractivity contribution in [2.45, 2.75) is 175 Å². The van der Waals surface area contributed by atoms with Gasteiger partial charge >= 0.3 is 5.97 Å². The number of aliphatic carboxylic acids is 1. The maximum Gasteiger partial charge on any atom is 0.303 e. The number of aliphatic hydroxyl groups excluding tert-OH is 1. The molecule has 0 spiro atoms. The summed E-state index contributed by atoms with van der Waals surface area (Å²) in [6, 6.07) is 4.36. The number of aliphatic hydroxyl groups is 1. The third-order valence-corrected chi connectivity index (χ3v) is 7.84. The summed E-state index contributed by atoms with van der Waals surface area (Å²) < 4.78 is 0. The topological polar surface area (TPSA) is 77.8 Å². The van der Waals surface area contributed by atoms with E-state index in [2.05, 4.69) is 60.6 Å². The Labute approximate surface area is 248 Å². The summed E-state index contributed by atoms with van der Waals surface area (Å²) >= 11 is 0. The molecule has 0 aromatic heterocycles. The molecular formula is C36H66O4. The van der Waals surface area contributed by atoms with Crippen LogP contribution >= 0.6 is 0 Å². The molecule has 0 heterocycles. The minimum atomic E-state index is -0.745. The van der Waals surface area contributed by atoms with Gasteiger partial charge in [-0.25, -0.2) is 0 Å². The lowest BCUT2D eigenvalue weighted by atomic mass is 9.77. The predicted molar refractivity (Wildman–Crippen MR) is 173 cm³/mol. The van der Waals surface area contributed by atoms with E-state index in [1.807, 2.05) is 0 Å². The fraction of sp³-hybridized carbons (Fsp3) is 0.806. The number of carboxylic acid groups (broad SMARTS) is 1. The molecule has 0 fully saturated rings. The van der Waals surface area contributed by atoms with Crippen molar-refractivity contribution in [1.29, 1.82) is 0 Å². The molecule has 0 aliphatic rings. The number of rotatable bonds is 19. The molecule has 3 N–H and O–H groups in total. The number of carbonyl (C=O) groups is 1. The van der Waals surface area contributed by atoms with Crippen molar-refractivity contribution in [3.8, 4) is 5.75 Å². The molecule has 1 aromatic rings. The molecule has 0 radical (unpaired) electrons. The molecule has 0 aliphatic heterocycles. The number of hydrogen-bond donors (Lipinski definition) is 3. The molecule has 0 bridgehead atoms. The van der Waals surface area contributed by atoms with E-state index in [9.17, 15) is 15.0 Å². The predicted octanol–water partition coefficient (Wildman–Crippen LogP) is 10.5. The monoisotopic (exact) mass is 562 g/mol. The lowest BCUT2D eigenvalue weighted by Gasteiger charge is -2.29. The maximum absolute atomic E-state index is 11.0. The van der Waals surface area contributed by atoms with Crippen molar-refractivity contribution in [3.05, 3.63) is 28.8 Å². The minimum absolute atomic E-state index is 0.108. The average molecular weight is 563 g/mol. The zero-order valence-corrected chi connectivity index (χ0v) is 27.7. The molecule has 1 aromatic carbocycles. The Kier molecular flexibility index (Phi) is 20.4. The van der Waals surface area contributed by atoms with E-state index < -0.39 is 5.97 Å². The normalized spacial score (nSPS) is 12.6. The van der Waals surface area contributed by atoms with E-state index in [1.54, 1.807) is 6.92 Å². The fourth-order valence-electron chi connectivity index (χ4n) is 5.17. The molecule has 1 unspecified atom stereocenters. The van der Waals surface area contributed by atoms with Gasteiger partial charge in [-0.1, -0.05) is 157 Å². The first-order valence-corrected chi connectivity index (χ1v) is 16.5. The molecule has 4 nitrogen and oxygen atoms in total. The van der Waals surface area contributed by atoms with Crippen LogP contribution in [0.2, 0.25) is 0 Å². The number of unbranched alkanes of at least 4 members (excludes halogenated alkanes) is 13. The Balaban J connectivity index is 0.00000277. The van der Waals surface area contributed by atoms with Gasteiger partial charge in [0.1, 0.15) is 5.75 Å². The highest BCUT2D eigenvalue weighted by atomic mass is 16.4. The molecule has 0 saturated heterocycles. The van der Waals surface area contributed by atoms with Crippen molar-refractivity contribution >= 4 is 5.97 Å². The highest BCUT2D eigenvalue weighted by molar-refractivity contribution is 5.66. The van der Waals surface area contributed by atoms with Gasteiger partial charge in [0.15, 0.2) is 0 Å². The number of phenolic OH excluding ortho intramolecular Hbond substituents is 1. The van der Waals surface area contributed by atoms with Crippen LogP contribution < -0.4 is 0 Å². The van der Waals surface area contributed by atoms with Crippen molar-refractivity contribution in [2.24, 2.45) is 5.92 Å².